The highest BCUT2D eigenvalue weighted by atomic mass is 16.5. The van der Waals surface area contributed by atoms with E-state index < -0.39 is 18.0 Å². The van der Waals surface area contributed by atoms with E-state index in [4.69, 9.17) is 10.00 Å². The summed E-state index contributed by atoms with van der Waals surface area (Å²) in [7, 11) is 0. The Balaban J connectivity index is 2.37. The van der Waals surface area contributed by atoms with Gasteiger partial charge in [0.2, 0.25) is 5.91 Å². The Bertz CT molecular complexity index is 642. The first-order chi connectivity index (χ1) is 12.4. The summed E-state index contributed by atoms with van der Waals surface area (Å²) in [4.78, 5) is 39.4. The maximum Gasteiger partial charge on any atom is 0.407 e. The monoisotopic (exact) mass is 361 g/mol. The number of rotatable bonds is 9. The third kappa shape index (κ3) is 8.10. The van der Waals surface area contributed by atoms with Crippen molar-refractivity contribution >= 4 is 17.9 Å². The normalized spacial score (nSPS) is 11.2. The van der Waals surface area contributed by atoms with Gasteiger partial charge in [-0.15, -0.1) is 0 Å². The molecule has 140 valence electrons. The van der Waals surface area contributed by atoms with Crippen LogP contribution in [0.5, 0.6) is 0 Å². The minimum absolute atomic E-state index is 0.0448. The number of hydrogen-bond acceptors (Lipinski definition) is 6. The molecule has 1 heterocycles. The Morgan fingerprint density at radius 2 is 1.92 bits per heavy atom. The molecular formula is C17H23N5O4. The van der Waals surface area contributed by atoms with E-state index >= 15 is 0 Å². The van der Waals surface area contributed by atoms with Crippen LogP contribution in [0.2, 0.25) is 0 Å². The molecule has 0 saturated carbocycles. The van der Waals surface area contributed by atoms with Gasteiger partial charge in [-0.05, 0) is 24.5 Å². The van der Waals surface area contributed by atoms with Gasteiger partial charge in [-0.25, -0.2) is 4.79 Å². The molecule has 0 aliphatic carbocycles. The van der Waals surface area contributed by atoms with Crippen molar-refractivity contribution in [3.8, 4) is 6.07 Å². The van der Waals surface area contributed by atoms with Gasteiger partial charge < -0.3 is 20.7 Å². The van der Waals surface area contributed by atoms with Crippen LogP contribution >= 0.6 is 0 Å². The van der Waals surface area contributed by atoms with E-state index in [2.05, 4.69) is 20.9 Å². The fourth-order valence-electron chi connectivity index (χ4n) is 2.05. The molecule has 1 aromatic rings. The number of amides is 3. The lowest BCUT2D eigenvalue weighted by molar-refractivity contribution is -0.123. The topological polar surface area (TPSA) is 133 Å². The van der Waals surface area contributed by atoms with E-state index in [1.807, 2.05) is 13.8 Å². The van der Waals surface area contributed by atoms with Crippen LogP contribution in [0.4, 0.5) is 4.79 Å². The molecule has 0 aromatic carbocycles. The SMILES string of the molecule is CC(C)CC(NC(=O)OCCNC(=O)c1ccncc1)C(=O)NCC#N. The van der Waals surface area contributed by atoms with E-state index in [9.17, 15) is 14.4 Å². The van der Waals surface area contributed by atoms with Gasteiger partial charge in [0.05, 0.1) is 12.6 Å². The molecule has 0 bridgehead atoms. The van der Waals surface area contributed by atoms with Crippen molar-refractivity contribution in [2.24, 2.45) is 5.92 Å². The number of alkyl carbamates (subject to hydrolysis) is 1. The summed E-state index contributed by atoms with van der Waals surface area (Å²) >= 11 is 0. The van der Waals surface area contributed by atoms with Crippen LogP contribution in [0, 0.1) is 17.2 Å². The molecule has 1 rings (SSSR count). The summed E-state index contributed by atoms with van der Waals surface area (Å²) in [6.45, 7) is 3.77. The number of carbonyl (C=O) groups excluding carboxylic acids is 3. The molecule has 9 nitrogen and oxygen atoms in total. The van der Waals surface area contributed by atoms with E-state index in [0.29, 0.717) is 12.0 Å². The highest BCUT2D eigenvalue weighted by molar-refractivity contribution is 5.93. The molecule has 9 heteroatoms. The first-order valence-electron chi connectivity index (χ1n) is 8.20. The Morgan fingerprint density at radius 1 is 1.23 bits per heavy atom. The molecule has 1 unspecified atom stereocenters. The molecule has 0 saturated heterocycles. The third-order valence-corrected chi connectivity index (χ3v) is 3.22. The van der Waals surface area contributed by atoms with Crippen LogP contribution in [-0.2, 0) is 9.53 Å². The maximum absolute atomic E-state index is 12.0. The van der Waals surface area contributed by atoms with E-state index in [1.54, 1.807) is 18.2 Å². The summed E-state index contributed by atoms with van der Waals surface area (Å²) in [6.07, 6.45) is 2.65. The predicted molar refractivity (Wildman–Crippen MR) is 92.9 cm³/mol. The van der Waals surface area contributed by atoms with Gasteiger partial charge in [0, 0.05) is 18.0 Å². The molecule has 26 heavy (non-hydrogen) atoms. The number of nitrogens with zero attached hydrogens (tertiary/aromatic N) is 2. The van der Waals surface area contributed by atoms with Gasteiger partial charge >= 0.3 is 6.09 Å². The van der Waals surface area contributed by atoms with Crippen molar-refractivity contribution in [1.82, 2.24) is 20.9 Å². The molecule has 0 aliphatic rings. The first kappa shape index (κ1) is 20.9. The number of nitriles is 1. The summed E-state index contributed by atoms with van der Waals surface area (Å²) in [5.74, 6) is -0.582. The summed E-state index contributed by atoms with van der Waals surface area (Å²) in [6, 6.07) is 4.15. The molecule has 0 spiro atoms. The minimum Gasteiger partial charge on any atom is -0.448 e. The number of pyridine rings is 1. The zero-order chi connectivity index (χ0) is 19.4. The molecule has 1 aromatic heterocycles. The minimum atomic E-state index is -0.790. The standard InChI is InChI=1S/C17H23N5O4/c1-12(2)11-14(16(24)20-8-5-18)22-17(25)26-10-9-21-15(23)13-3-6-19-7-4-13/h3-4,6-7,12,14H,8-11H2,1-2H3,(H,20,24)(H,21,23)(H,22,25). The fraction of sp³-hybridized carbons (Fsp3) is 0.471. The molecule has 3 amide bonds. The second kappa shape index (κ2) is 11.4. The van der Waals surface area contributed by atoms with Crippen molar-refractivity contribution < 1.29 is 19.1 Å². The molecular weight excluding hydrogens is 338 g/mol. The van der Waals surface area contributed by atoms with Gasteiger partial charge in [-0.2, -0.15) is 5.26 Å². The molecule has 0 aliphatic heterocycles. The van der Waals surface area contributed by atoms with Gasteiger partial charge in [0.1, 0.15) is 19.2 Å². The quantitative estimate of drug-likeness (QED) is 0.435. The number of ether oxygens (including phenoxy) is 1. The second-order valence-electron chi connectivity index (χ2n) is 5.83. The summed E-state index contributed by atoms with van der Waals surface area (Å²) in [5, 5.41) is 16.0. The van der Waals surface area contributed by atoms with Crippen LogP contribution in [-0.4, -0.2) is 48.6 Å². The van der Waals surface area contributed by atoms with Crippen molar-refractivity contribution in [1.29, 1.82) is 5.26 Å². The number of aromatic nitrogens is 1. The molecule has 0 fully saturated rings. The average molecular weight is 361 g/mol. The third-order valence-electron chi connectivity index (χ3n) is 3.22. The molecule has 3 N–H and O–H groups in total. The Morgan fingerprint density at radius 3 is 2.54 bits per heavy atom. The average Bonchev–Trinajstić information content (AvgIpc) is 2.62. The number of nitrogens with one attached hydrogen (secondary N) is 3. The van der Waals surface area contributed by atoms with E-state index in [0.717, 1.165) is 0 Å². The highest BCUT2D eigenvalue weighted by Crippen LogP contribution is 2.05. The largest absolute Gasteiger partial charge is 0.448 e. The van der Waals surface area contributed by atoms with Crippen molar-refractivity contribution in [2.45, 2.75) is 26.3 Å². The van der Waals surface area contributed by atoms with Crippen LogP contribution in [0.3, 0.4) is 0 Å². The van der Waals surface area contributed by atoms with Crippen molar-refractivity contribution in [2.75, 3.05) is 19.7 Å². The lowest BCUT2D eigenvalue weighted by Gasteiger charge is -2.19. The fourth-order valence-corrected chi connectivity index (χ4v) is 2.05. The second-order valence-corrected chi connectivity index (χ2v) is 5.83. The summed E-state index contributed by atoms with van der Waals surface area (Å²) in [5.41, 5.74) is 0.454. The van der Waals surface area contributed by atoms with Crippen LogP contribution in [0.1, 0.15) is 30.6 Å². The van der Waals surface area contributed by atoms with Gasteiger partial charge in [0.25, 0.3) is 5.91 Å². The Kier molecular flexibility index (Phi) is 9.17. The number of carbonyl (C=O) groups is 3. The van der Waals surface area contributed by atoms with Gasteiger partial charge in [-0.1, -0.05) is 13.8 Å². The van der Waals surface area contributed by atoms with E-state index in [-0.39, 0.29) is 31.5 Å². The zero-order valence-corrected chi connectivity index (χ0v) is 14.8. The van der Waals surface area contributed by atoms with Crippen LogP contribution in [0.15, 0.2) is 24.5 Å². The predicted octanol–water partition coefficient (Wildman–Crippen LogP) is 0.592. The smallest absolute Gasteiger partial charge is 0.407 e. The molecule has 1 atom stereocenters. The lowest BCUT2D eigenvalue weighted by atomic mass is 10.0. The van der Waals surface area contributed by atoms with E-state index in [1.165, 1.54) is 12.4 Å². The first-order valence-corrected chi connectivity index (χ1v) is 8.20. The zero-order valence-electron chi connectivity index (χ0n) is 14.8. The Labute approximate surface area is 152 Å². The van der Waals surface area contributed by atoms with Crippen molar-refractivity contribution in [3.63, 3.8) is 0 Å². The number of hydrogen-bond donors (Lipinski definition) is 3. The van der Waals surface area contributed by atoms with Crippen molar-refractivity contribution in [3.05, 3.63) is 30.1 Å². The maximum atomic E-state index is 12.0. The van der Waals surface area contributed by atoms with Crippen LogP contribution in [0.25, 0.3) is 0 Å². The van der Waals surface area contributed by atoms with Gasteiger partial charge in [-0.3, -0.25) is 14.6 Å². The van der Waals surface area contributed by atoms with Crippen LogP contribution < -0.4 is 16.0 Å². The highest BCUT2D eigenvalue weighted by Gasteiger charge is 2.22. The Hall–Kier alpha value is -3.15. The molecule has 0 radical (unpaired) electrons. The lowest BCUT2D eigenvalue weighted by Crippen LogP contribution is -2.48. The summed E-state index contributed by atoms with van der Waals surface area (Å²) < 4.78 is 4.97. The van der Waals surface area contributed by atoms with Gasteiger partial charge in [0.15, 0.2) is 0 Å².